The van der Waals surface area contributed by atoms with Crippen molar-refractivity contribution >= 4 is 11.9 Å². The van der Waals surface area contributed by atoms with E-state index >= 15 is 0 Å². The average Bonchev–Trinajstić information content (AvgIpc) is 2.46. The molecular weight excluding hydrogens is 256 g/mol. The van der Waals surface area contributed by atoms with E-state index in [9.17, 15) is 9.59 Å². The Morgan fingerprint density at radius 2 is 1.95 bits per heavy atom. The lowest BCUT2D eigenvalue weighted by Gasteiger charge is -2.07. The van der Waals surface area contributed by atoms with Crippen LogP contribution in [0.15, 0.2) is 30.3 Å². The van der Waals surface area contributed by atoms with Crippen LogP contribution in [-0.2, 0) is 20.9 Å². The molecular formula is C15H22N2O3. The largest absolute Gasteiger partial charge is 0.466 e. The van der Waals surface area contributed by atoms with Crippen molar-refractivity contribution in [2.45, 2.75) is 26.3 Å². The number of hydrogen-bond acceptors (Lipinski definition) is 4. The molecule has 1 aromatic rings. The van der Waals surface area contributed by atoms with Crippen molar-refractivity contribution in [1.82, 2.24) is 10.6 Å². The molecule has 0 saturated heterocycles. The zero-order valence-corrected chi connectivity index (χ0v) is 11.9. The van der Waals surface area contributed by atoms with Crippen LogP contribution in [-0.4, -0.2) is 31.6 Å². The van der Waals surface area contributed by atoms with Gasteiger partial charge >= 0.3 is 5.97 Å². The van der Waals surface area contributed by atoms with Crippen LogP contribution in [0.1, 0.15) is 25.3 Å². The SMILES string of the molecule is CCOC(=O)CCCNCC(=O)NCc1ccccc1. The third kappa shape index (κ3) is 7.53. The molecule has 5 heteroatoms. The van der Waals surface area contributed by atoms with Crippen molar-refractivity contribution in [1.29, 1.82) is 0 Å². The van der Waals surface area contributed by atoms with Gasteiger partial charge in [0.15, 0.2) is 0 Å². The standard InChI is InChI=1S/C15H22N2O3/c1-2-20-15(19)9-6-10-16-12-14(18)17-11-13-7-4-3-5-8-13/h3-5,7-8,16H,2,6,9-12H2,1H3,(H,17,18). The van der Waals surface area contributed by atoms with Gasteiger partial charge in [-0.3, -0.25) is 9.59 Å². The average molecular weight is 278 g/mol. The summed E-state index contributed by atoms with van der Waals surface area (Å²) in [5.74, 6) is -0.243. The molecule has 0 aliphatic rings. The maximum atomic E-state index is 11.6. The lowest BCUT2D eigenvalue weighted by atomic mass is 10.2. The number of esters is 1. The molecule has 0 atom stereocenters. The first-order valence-corrected chi connectivity index (χ1v) is 6.89. The third-order valence-corrected chi connectivity index (χ3v) is 2.66. The number of rotatable bonds is 9. The summed E-state index contributed by atoms with van der Waals surface area (Å²) in [7, 11) is 0. The van der Waals surface area contributed by atoms with E-state index in [1.807, 2.05) is 30.3 Å². The van der Waals surface area contributed by atoms with Gasteiger partial charge < -0.3 is 15.4 Å². The first kappa shape index (κ1) is 16.2. The molecule has 5 nitrogen and oxygen atoms in total. The quantitative estimate of drug-likeness (QED) is 0.527. The highest BCUT2D eigenvalue weighted by Gasteiger charge is 2.02. The van der Waals surface area contributed by atoms with Crippen LogP contribution >= 0.6 is 0 Å². The number of nitrogens with one attached hydrogen (secondary N) is 2. The summed E-state index contributed by atoms with van der Waals surface area (Å²) in [6.45, 7) is 3.61. The summed E-state index contributed by atoms with van der Waals surface area (Å²) in [6.07, 6.45) is 1.05. The maximum absolute atomic E-state index is 11.6. The molecule has 0 radical (unpaired) electrons. The molecule has 0 aliphatic heterocycles. The van der Waals surface area contributed by atoms with Crippen molar-refractivity contribution in [3.05, 3.63) is 35.9 Å². The van der Waals surface area contributed by atoms with E-state index in [0.717, 1.165) is 5.56 Å². The van der Waals surface area contributed by atoms with E-state index in [2.05, 4.69) is 10.6 Å². The number of carbonyl (C=O) groups is 2. The van der Waals surface area contributed by atoms with Crippen LogP contribution in [0, 0.1) is 0 Å². The molecule has 0 aliphatic carbocycles. The van der Waals surface area contributed by atoms with Crippen molar-refractivity contribution in [3.63, 3.8) is 0 Å². The Hall–Kier alpha value is -1.88. The second-order valence-electron chi connectivity index (χ2n) is 4.35. The van der Waals surface area contributed by atoms with Gasteiger partial charge in [-0.15, -0.1) is 0 Å². The van der Waals surface area contributed by atoms with E-state index in [0.29, 0.717) is 32.5 Å². The number of carbonyl (C=O) groups excluding carboxylic acids is 2. The fraction of sp³-hybridized carbons (Fsp3) is 0.467. The van der Waals surface area contributed by atoms with Crippen LogP contribution in [0.4, 0.5) is 0 Å². The second kappa shape index (κ2) is 9.97. The maximum Gasteiger partial charge on any atom is 0.305 e. The van der Waals surface area contributed by atoms with Gasteiger partial charge in [0, 0.05) is 13.0 Å². The smallest absolute Gasteiger partial charge is 0.305 e. The first-order valence-electron chi connectivity index (χ1n) is 6.89. The van der Waals surface area contributed by atoms with Crippen LogP contribution in [0.3, 0.4) is 0 Å². The predicted octanol–water partition coefficient (Wildman–Crippen LogP) is 1.24. The minimum Gasteiger partial charge on any atom is -0.466 e. The van der Waals surface area contributed by atoms with Gasteiger partial charge in [-0.2, -0.15) is 0 Å². The third-order valence-electron chi connectivity index (χ3n) is 2.66. The number of hydrogen-bond donors (Lipinski definition) is 2. The topological polar surface area (TPSA) is 67.4 Å². The van der Waals surface area contributed by atoms with Gasteiger partial charge in [0.1, 0.15) is 0 Å². The van der Waals surface area contributed by atoms with E-state index in [1.54, 1.807) is 6.92 Å². The van der Waals surface area contributed by atoms with Gasteiger partial charge in [0.2, 0.25) is 5.91 Å². The molecule has 0 fully saturated rings. The zero-order valence-electron chi connectivity index (χ0n) is 11.9. The van der Waals surface area contributed by atoms with Gasteiger partial charge in [-0.1, -0.05) is 30.3 Å². The molecule has 1 amide bonds. The van der Waals surface area contributed by atoms with E-state index in [4.69, 9.17) is 4.74 Å². The highest BCUT2D eigenvalue weighted by atomic mass is 16.5. The van der Waals surface area contributed by atoms with Crippen molar-refractivity contribution in [2.24, 2.45) is 0 Å². The van der Waals surface area contributed by atoms with Gasteiger partial charge in [0.05, 0.1) is 13.2 Å². The molecule has 0 bridgehead atoms. The first-order chi connectivity index (χ1) is 9.72. The number of amides is 1. The Bertz CT molecular complexity index is 407. The monoisotopic (exact) mass is 278 g/mol. The molecule has 2 N–H and O–H groups in total. The number of ether oxygens (including phenoxy) is 1. The van der Waals surface area contributed by atoms with Crippen LogP contribution in [0.5, 0.6) is 0 Å². The molecule has 0 unspecified atom stereocenters. The fourth-order valence-corrected chi connectivity index (χ4v) is 1.65. The summed E-state index contributed by atoms with van der Waals surface area (Å²) < 4.78 is 4.81. The fourth-order valence-electron chi connectivity index (χ4n) is 1.65. The Kier molecular flexibility index (Phi) is 8.07. The molecule has 1 aromatic carbocycles. The van der Waals surface area contributed by atoms with Crippen molar-refractivity contribution < 1.29 is 14.3 Å². The molecule has 0 saturated carbocycles. The molecule has 0 heterocycles. The highest BCUT2D eigenvalue weighted by molar-refractivity contribution is 5.77. The van der Waals surface area contributed by atoms with Crippen molar-refractivity contribution in [3.8, 4) is 0 Å². The molecule has 110 valence electrons. The normalized spacial score (nSPS) is 10.1. The summed E-state index contributed by atoms with van der Waals surface area (Å²) in [4.78, 5) is 22.6. The van der Waals surface area contributed by atoms with Gasteiger partial charge in [0.25, 0.3) is 0 Å². The van der Waals surface area contributed by atoms with Crippen LogP contribution in [0.25, 0.3) is 0 Å². The Labute approximate surface area is 119 Å². The lowest BCUT2D eigenvalue weighted by molar-refractivity contribution is -0.143. The minimum absolute atomic E-state index is 0.0509. The van der Waals surface area contributed by atoms with Gasteiger partial charge in [-0.05, 0) is 25.5 Å². The summed E-state index contributed by atoms with van der Waals surface area (Å²) in [6, 6.07) is 9.75. The van der Waals surface area contributed by atoms with Crippen molar-refractivity contribution in [2.75, 3.05) is 19.7 Å². The molecule has 1 rings (SSSR count). The van der Waals surface area contributed by atoms with E-state index in [-0.39, 0.29) is 18.4 Å². The second-order valence-corrected chi connectivity index (χ2v) is 4.35. The molecule has 0 spiro atoms. The Morgan fingerprint density at radius 3 is 2.65 bits per heavy atom. The lowest BCUT2D eigenvalue weighted by Crippen LogP contribution is -2.34. The van der Waals surface area contributed by atoms with E-state index in [1.165, 1.54) is 0 Å². The molecule has 20 heavy (non-hydrogen) atoms. The van der Waals surface area contributed by atoms with Gasteiger partial charge in [-0.25, -0.2) is 0 Å². The molecule has 0 aromatic heterocycles. The van der Waals surface area contributed by atoms with Crippen LogP contribution in [0.2, 0.25) is 0 Å². The predicted molar refractivity (Wildman–Crippen MR) is 77.0 cm³/mol. The zero-order chi connectivity index (χ0) is 14.6. The van der Waals surface area contributed by atoms with Crippen LogP contribution < -0.4 is 10.6 Å². The summed E-state index contributed by atoms with van der Waals surface area (Å²) in [5, 5.41) is 5.82. The summed E-state index contributed by atoms with van der Waals surface area (Å²) >= 11 is 0. The summed E-state index contributed by atoms with van der Waals surface area (Å²) in [5.41, 5.74) is 1.07. The number of benzene rings is 1. The Balaban J connectivity index is 2.02. The van der Waals surface area contributed by atoms with E-state index < -0.39 is 0 Å². The Morgan fingerprint density at radius 1 is 1.20 bits per heavy atom. The highest BCUT2D eigenvalue weighted by Crippen LogP contribution is 1.96. The minimum atomic E-state index is -0.192.